The lowest BCUT2D eigenvalue weighted by atomic mass is 10.1. The van der Waals surface area contributed by atoms with Crippen molar-refractivity contribution in [3.63, 3.8) is 0 Å². The summed E-state index contributed by atoms with van der Waals surface area (Å²) in [5, 5.41) is 8.70. The zero-order valence-corrected chi connectivity index (χ0v) is 15.7. The molecule has 0 spiro atoms. The van der Waals surface area contributed by atoms with Crippen LogP contribution in [-0.4, -0.2) is 62.8 Å². The first kappa shape index (κ1) is 19.4. The van der Waals surface area contributed by atoms with Crippen molar-refractivity contribution in [3.8, 4) is 23.3 Å². The van der Waals surface area contributed by atoms with E-state index in [0.29, 0.717) is 23.7 Å². The van der Waals surface area contributed by atoms with Gasteiger partial charge in [-0.15, -0.1) is 0 Å². The van der Waals surface area contributed by atoms with Gasteiger partial charge in [0, 0.05) is 45.7 Å². The maximum Gasteiger partial charge on any atom is 0.203 e. The van der Waals surface area contributed by atoms with Gasteiger partial charge in [0.2, 0.25) is 5.75 Å². The molecule has 0 radical (unpaired) electrons. The lowest BCUT2D eigenvalue weighted by molar-refractivity contribution is 0.129. The van der Waals surface area contributed by atoms with Gasteiger partial charge in [0.15, 0.2) is 11.5 Å². The molecule has 6 heteroatoms. The second-order valence-corrected chi connectivity index (χ2v) is 6.52. The van der Waals surface area contributed by atoms with Crippen molar-refractivity contribution in [1.82, 2.24) is 9.80 Å². The fraction of sp³-hybridized carbons (Fsp3) is 0.632. The molecule has 2 rings (SSSR count). The van der Waals surface area contributed by atoms with Crippen LogP contribution < -0.4 is 14.2 Å². The second kappa shape index (κ2) is 9.50. The van der Waals surface area contributed by atoms with Crippen LogP contribution in [-0.2, 0) is 6.54 Å². The molecule has 1 heterocycles. The molecule has 1 aliphatic heterocycles. The van der Waals surface area contributed by atoms with Crippen molar-refractivity contribution in [1.29, 1.82) is 5.26 Å². The van der Waals surface area contributed by atoms with Crippen LogP contribution in [0.3, 0.4) is 0 Å². The average molecular weight is 347 g/mol. The molecule has 0 bridgehead atoms. The summed E-state index contributed by atoms with van der Waals surface area (Å²) in [6.07, 6.45) is 0.654. The van der Waals surface area contributed by atoms with Crippen molar-refractivity contribution < 1.29 is 14.2 Å². The molecule has 1 aromatic carbocycles. The van der Waals surface area contributed by atoms with Crippen molar-refractivity contribution in [2.24, 2.45) is 0 Å². The molecule has 0 saturated carbocycles. The summed E-state index contributed by atoms with van der Waals surface area (Å²) in [4.78, 5) is 4.76. The molecule has 0 unspecified atom stereocenters. The summed E-state index contributed by atoms with van der Waals surface area (Å²) in [6.45, 7) is 9.70. The van der Waals surface area contributed by atoms with Crippen LogP contribution in [0.2, 0.25) is 0 Å². The highest BCUT2D eigenvalue weighted by atomic mass is 16.5. The third-order valence-electron chi connectivity index (χ3n) is 4.28. The minimum Gasteiger partial charge on any atom is -0.493 e. The van der Waals surface area contributed by atoms with Gasteiger partial charge in [-0.1, -0.05) is 0 Å². The van der Waals surface area contributed by atoms with E-state index >= 15 is 0 Å². The van der Waals surface area contributed by atoms with Gasteiger partial charge in [0.05, 0.1) is 26.4 Å². The van der Waals surface area contributed by atoms with Crippen molar-refractivity contribution in [3.05, 3.63) is 17.7 Å². The highest BCUT2D eigenvalue weighted by Crippen LogP contribution is 2.39. The first-order valence-electron chi connectivity index (χ1n) is 8.80. The standard InChI is InChI=1S/C19H29N3O3/c1-15(2)25-19-17(23-3)12-16(13-18(19)24-4)14-22-10-8-21(9-11-22)7-5-6-20/h12-13,15H,5,7-11,14H2,1-4H3. The molecule has 0 aliphatic carbocycles. The predicted molar refractivity (Wildman–Crippen MR) is 97.3 cm³/mol. The van der Waals surface area contributed by atoms with E-state index in [9.17, 15) is 0 Å². The number of hydrogen-bond donors (Lipinski definition) is 0. The number of hydrogen-bond acceptors (Lipinski definition) is 6. The van der Waals surface area contributed by atoms with Gasteiger partial charge in [-0.2, -0.15) is 5.26 Å². The normalized spacial score (nSPS) is 15.8. The number of nitrogens with zero attached hydrogens (tertiary/aromatic N) is 3. The van der Waals surface area contributed by atoms with Gasteiger partial charge >= 0.3 is 0 Å². The monoisotopic (exact) mass is 347 g/mol. The lowest BCUT2D eigenvalue weighted by Crippen LogP contribution is -2.46. The molecule has 1 saturated heterocycles. The van der Waals surface area contributed by atoms with Crippen LogP contribution in [0.5, 0.6) is 17.2 Å². The zero-order valence-electron chi connectivity index (χ0n) is 15.7. The predicted octanol–water partition coefficient (Wildman–Crippen LogP) is 2.52. The molecule has 0 N–H and O–H groups in total. The minimum absolute atomic E-state index is 0.0511. The van der Waals surface area contributed by atoms with E-state index in [1.54, 1.807) is 14.2 Å². The number of piperazine rings is 1. The topological polar surface area (TPSA) is 58.0 Å². The summed E-state index contributed by atoms with van der Waals surface area (Å²) in [5.74, 6) is 2.07. The first-order chi connectivity index (χ1) is 12.1. The van der Waals surface area contributed by atoms with Crippen LogP contribution in [0.15, 0.2) is 12.1 Å². The third-order valence-corrected chi connectivity index (χ3v) is 4.28. The molecule has 1 fully saturated rings. The first-order valence-corrected chi connectivity index (χ1v) is 8.80. The smallest absolute Gasteiger partial charge is 0.203 e. The molecular weight excluding hydrogens is 318 g/mol. The maximum atomic E-state index is 8.70. The highest BCUT2D eigenvalue weighted by Gasteiger charge is 2.19. The van der Waals surface area contributed by atoms with Crippen LogP contribution in [0.25, 0.3) is 0 Å². The SMILES string of the molecule is COc1cc(CN2CCN(CCC#N)CC2)cc(OC)c1OC(C)C. The van der Waals surface area contributed by atoms with Gasteiger partial charge in [0.25, 0.3) is 0 Å². The summed E-state index contributed by atoms with van der Waals surface area (Å²) in [7, 11) is 3.30. The van der Waals surface area contributed by atoms with E-state index < -0.39 is 0 Å². The quantitative estimate of drug-likeness (QED) is 0.720. The Kier molecular flexibility index (Phi) is 7.35. The van der Waals surface area contributed by atoms with Gasteiger partial charge < -0.3 is 14.2 Å². The van der Waals surface area contributed by atoms with Crippen molar-refractivity contribution in [2.75, 3.05) is 46.9 Å². The molecule has 0 atom stereocenters. The molecule has 1 aromatic rings. The highest BCUT2D eigenvalue weighted by molar-refractivity contribution is 5.54. The average Bonchev–Trinajstić information content (AvgIpc) is 2.61. The minimum atomic E-state index is 0.0511. The van der Waals surface area contributed by atoms with Gasteiger partial charge in [0.1, 0.15) is 0 Å². The molecule has 25 heavy (non-hydrogen) atoms. The van der Waals surface area contributed by atoms with Crippen LogP contribution >= 0.6 is 0 Å². The Hall–Kier alpha value is -1.97. The van der Waals surface area contributed by atoms with Gasteiger partial charge in [-0.25, -0.2) is 0 Å². The van der Waals surface area contributed by atoms with Gasteiger partial charge in [-0.3, -0.25) is 9.80 Å². The number of ether oxygens (including phenoxy) is 3. The van der Waals surface area contributed by atoms with Gasteiger partial charge in [-0.05, 0) is 31.5 Å². The Labute approximate surface area is 150 Å². The van der Waals surface area contributed by atoms with E-state index in [0.717, 1.165) is 44.8 Å². The fourth-order valence-electron chi connectivity index (χ4n) is 3.01. The zero-order chi connectivity index (χ0) is 18.2. The Morgan fingerprint density at radius 2 is 1.60 bits per heavy atom. The number of benzene rings is 1. The lowest BCUT2D eigenvalue weighted by Gasteiger charge is -2.34. The summed E-state index contributed by atoms with van der Waals surface area (Å²) < 4.78 is 16.9. The molecule has 6 nitrogen and oxygen atoms in total. The Morgan fingerprint density at radius 1 is 1.04 bits per heavy atom. The van der Waals surface area contributed by atoms with E-state index in [1.165, 1.54) is 0 Å². The molecule has 138 valence electrons. The Bertz CT molecular complexity index is 565. The van der Waals surface area contributed by atoms with Crippen molar-refractivity contribution in [2.45, 2.75) is 32.9 Å². The number of rotatable bonds is 8. The van der Waals surface area contributed by atoms with Crippen LogP contribution in [0.1, 0.15) is 25.8 Å². The fourth-order valence-corrected chi connectivity index (χ4v) is 3.01. The Balaban J connectivity index is 2.04. The van der Waals surface area contributed by atoms with Crippen molar-refractivity contribution >= 4 is 0 Å². The maximum absolute atomic E-state index is 8.70. The van der Waals surface area contributed by atoms with E-state index in [1.807, 2.05) is 26.0 Å². The second-order valence-electron chi connectivity index (χ2n) is 6.52. The van der Waals surface area contributed by atoms with E-state index in [-0.39, 0.29) is 6.10 Å². The molecule has 0 aromatic heterocycles. The molecule has 1 aliphatic rings. The summed E-state index contributed by atoms with van der Waals surface area (Å²) in [6, 6.07) is 6.28. The summed E-state index contributed by atoms with van der Waals surface area (Å²) >= 11 is 0. The number of methoxy groups -OCH3 is 2. The van der Waals surface area contributed by atoms with Crippen LogP contribution in [0.4, 0.5) is 0 Å². The molecule has 0 amide bonds. The third kappa shape index (κ3) is 5.52. The van der Waals surface area contributed by atoms with E-state index in [2.05, 4.69) is 15.9 Å². The largest absolute Gasteiger partial charge is 0.493 e. The Morgan fingerprint density at radius 3 is 2.08 bits per heavy atom. The molecular formula is C19H29N3O3. The number of nitriles is 1. The van der Waals surface area contributed by atoms with E-state index in [4.69, 9.17) is 19.5 Å². The summed E-state index contributed by atoms with van der Waals surface area (Å²) in [5.41, 5.74) is 1.15. The van der Waals surface area contributed by atoms with Crippen LogP contribution in [0, 0.1) is 11.3 Å².